The Morgan fingerprint density at radius 1 is 1.10 bits per heavy atom. The molecule has 1 fully saturated rings. The second kappa shape index (κ2) is 6.75. The van der Waals surface area contributed by atoms with E-state index in [1.807, 2.05) is 30.3 Å². The molecule has 0 aliphatic carbocycles. The molecule has 2 N–H and O–H groups in total. The third kappa shape index (κ3) is 3.74. The molecule has 0 saturated carbocycles. The van der Waals surface area contributed by atoms with Crippen LogP contribution in [0.25, 0.3) is 10.8 Å². The molecule has 1 atom stereocenters. The van der Waals surface area contributed by atoms with E-state index in [9.17, 15) is 8.42 Å². The van der Waals surface area contributed by atoms with Crippen molar-refractivity contribution in [1.29, 1.82) is 0 Å². The van der Waals surface area contributed by atoms with Gasteiger partial charge in [-0.3, -0.25) is 0 Å². The number of hydrogen-bond donors (Lipinski definition) is 2. The van der Waals surface area contributed by atoms with Crippen LogP contribution < -0.4 is 10.0 Å². The van der Waals surface area contributed by atoms with Crippen LogP contribution in [0.5, 0.6) is 0 Å². The van der Waals surface area contributed by atoms with Crippen molar-refractivity contribution in [3.8, 4) is 0 Å². The fraction of sp³-hybridized carbons (Fsp3) is 0.333. The van der Waals surface area contributed by atoms with E-state index in [0.29, 0.717) is 11.4 Å². The standard InChI is InChI=1S/C15H18N2O2S.ClH/c18-20(19,17-14-6-3-9-16-11-14)15-8-7-12-4-1-2-5-13(12)10-15;/h1-2,4-5,7-8,10,14,16-17H,3,6,9,11H2;1H. The zero-order valence-corrected chi connectivity index (χ0v) is 13.2. The maximum Gasteiger partial charge on any atom is 0.240 e. The van der Waals surface area contributed by atoms with Crippen molar-refractivity contribution in [1.82, 2.24) is 10.0 Å². The lowest BCUT2D eigenvalue weighted by Crippen LogP contribution is -2.45. The summed E-state index contributed by atoms with van der Waals surface area (Å²) in [6.45, 7) is 1.67. The molecule has 1 unspecified atom stereocenters. The van der Waals surface area contributed by atoms with Crippen LogP contribution in [0.15, 0.2) is 47.4 Å². The number of rotatable bonds is 3. The molecule has 4 nitrogen and oxygen atoms in total. The molecule has 1 heterocycles. The minimum Gasteiger partial charge on any atom is -0.315 e. The average molecular weight is 327 g/mol. The van der Waals surface area contributed by atoms with E-state index in [1.54, 1.807) is 12.1 Å². The van der Waals surface area contributed by atoms with Crippen molar-refractivity contribution in [3.05, 3.63) is 42.5 Å². The quantitative estimate of drug-likeness (QED) is 0.910. The van der Waals surface area contributed by atoms with Crippen LogP contribution in [0.3, 0.4) is 0 Å². The second-order valence-electron chi connectivity index (χ2n) is 5.17. The van der Waals surface area contributed by atoms with Crippen molar-refractivity contribution >= 4 is 33.2 Å². The van der Waals surface area contributed by atoms with E-state index in [-0.39, 0.29) is 18.4 Å². The summed E-state index contributed by atoms with van der Waals surface area (Å²) in [6, 6.07) is 13.0. The topological polar surface area (TPSA) is 58.2 Å². The molecular weight excluding hydrogens is 308 g/mol. The summed E-state index contributed by atoms with van der Waals surface area (Å²) in [5.41, 5.74) is 0. The molecule has 0 spiro atoms. The zero-order valence-electron chi connectivity index (χ0n) is 11.6. The lowest BCUT2D eigenvalue weighted by atomic mass is 10.1. The van der Waals surface area contributed by atoms with Gasteiger partial charge in [-0.15, -0.1) is 12.4 Å². The molecule has 3 rings (SSSR count). The van der Waals surface area contributed by atoms with Gasteiger partial charge in [-0.2, -0.15) is 0 Å². The minimum absolute atomic E-state index is 0. The van der Waals surface area contributed by atoms with E-state index in [4.69, 9.17) is 0 Å². The summed E-state index contributed by atoms with van der Waals surface area (Å²) in [5.74, 6) is 0. The molecule has 2 aromatic carbocycles. The fourth-order valence-electron chi connectivity index (χ4n) is 2.57. The highest BCUT2D eigenvalue weighted by Crippen LogP contribution is 2.19. The van der Waals surface area contributed by atoms with Crippen LogP contribution in [-0.2, 0) is 10.0 Å². The number of hydrogen-bond acceptors (Lipinski definition) is 3. The van der Waals surface area contributed by atoms with Crippen molar-refractivity contribution in [3.63, 3.8) is 0 Å². The van der Waals surface area contributed by atoms with Gasteiger partial charge in [0.1, 0.15) is 0 Å². The summed E-state index contributed by atoms with van der Waals surface area (Å²) in [4.78, 5) is 0.335. The van der Waals surface area contributed by atoms with Crippen LogP contribution in [0, 0.1) is 0 Å². The van der Waals surface area contributed by atoms with E-state index in [2.05, 4.69) is 10.0 Å². The fourth-order valence-corrected chi connectivity index (χ4v) is 3.88. The predicted molar refractivity (Wildman–Crippen MR) is 87.4 cm³/mol. The van der Waals surface area contributed by atoms with Gasteiger partial charge in [-0.25, -0.2) is 13.1 Å². The number of sulfonamides is 1. The van der Waals surface area contributed by atoms with E-state index in [1.165, 1.54) is 0 Å². The molecule has 0 radical (unpaired) electrons. The zero-order chi connectivity index (χ0) is 14.0. The van der Waals surface area contributed by atoms with Gasteiger partial charge in [0, 0.05) is 12.6 Å². The second-order valence-corrected chi connectivity index (χ2v) is 6.89. The largest absolute Gasteiger partial charge is 0.315 e. The maximum absolute atomic E-state index is 12.4. The molecule has 1 aliphatic heterocycles. The monoisotopic (exact) mass is 326 g/mol. The highest BCUT2D eigenvalue weighted by molar-refractivity contribution is 7.89. The first-order valence-electron chi connectivity index (χ1n) is 6.87. The van der Waals surface area contributed by atoms with Gasteiger partial charge in [0.05, 0.1) is 4.90 Å². The first-order chi connectivity index (χ1) is 9.65. The van der Waals surface area contributed by atoms with Crippen LogP contribution in [0.1, 0.15) is 12.8 Å². The van der Waals surface area contributed by atoms with Gasteiger partial charge >= 0.3 is 0 Å². The summed E-state index contributed by atoms with van der Waals surface area (Å²) in [6.07, 6.45) is 1.89. The third-order valence-corrected chi connectivity index (χ3v) is 5.17. The molecule has 0 amide bonds. The normalized spacial score (nSPS) is 19.1. The molecule has 1 saturated heterocycles. The number of nitrogens with one attached hydrogen (secondary N) is 2. The lowest BCUT2D eigenvalue weighted by Gasteiger charge is -2.23. The Morgan fingerprint density at radius 2 is 1.86 bits per heavy atom. The minimum atomic E-state index is -3.44. The smallest absolute Gasteiger partial charge is 0.240 e. The van der Waals surface area contributed by atoms with Crippen molar-refractivity contribution in [2.75, 3.05) is 13.1 Å². The summed E-state index contributed by atoms with van der Waals surface area (Å²) in [7, 11) is -3.44. The Balaban J connectivity index is 0.00000161. The van der Waals surface area contributed by atoms with E-state index < -0.39 is 10.0 Å². The average Bonchev–Trinajstić information content (AvgIpc) is 2.47. The Labute approximate surface area is 131 Å². The van der Waals surface area contributed by atoms with Crippen LogP contribution in [-0.4, -0.2) is 27.5 Å². The summed E-state index contributed by atoms with van der Waals surface area (Å²) >= 11 is 0. The van der Waals surface area contributed by atoms with Gasteiger partial charge in [0.15, 0.2) is 0 Å². The Morgan fingerprint density at radius 3 is 2.57 bits per heavy atom. The van der Waals surface area contributed by atoms with Crippen molar-refractivity contribution < 1.29 is 8.42 Å². The van der Waals surface area contributed by atoms with Crippen LogP contribution in [0.2, 0.25) is 0 Å². The van der Waals surface area contributed by atoms with E-state index in [0.717, 1.165) is 30.2 Å². The Hall–Kier alpha value is -1.14. The van der Waals surface area contributed by atoms with Gasteiger partial charge in [-0.1, -0.05) is 30.3 Å². The molecule has 0 bridgehead atoms. The molecule has 21 heavy (non-hydrogen) atoms. The number of piperidine rings is 1. The lowest BCUT2D eigenvalue weighted by molar-refractivity contribution is 0.428. The molecule has 0 aromatic heterocycles. The summed E-state index contributed by atoms with van der Waals surface area (Å²) in [5, 5.41) is 5.20. The molecule has 6 heteroatoms. The first kappa shape index (κ1) is 16.2. The Bertz CT molecular complexity index is 712. The number of halogens is 1. The van der Waals surface area contributed by atoms with Gasteiger partial charge < -0.3 is 5.32 Å². The third-order valence-electron chi connectivity index (χ3n) is 3.65. The maximum atomic E-state index is 12.4. The van der Waals surface area contributed by atoms with E-state index >= 15 is 0 Å². The Kier molecular flexibility index (Phi) is 5.22. The highest BCUT2D eigenvalue weighted by Gasteiger charge is 2.21. The van der Waals surface area contributed by atoms with Crippen molar-refractivity contribution in [2.45, 2.75) is 23.8 Å². The predicted octanol–water partition coefficient (Wildman–Crippen LogP) is 2.29. The molecule has 114 valence electrons. The van der Waals surface area contributed by atoms with Gasteiger partial charge in [-0.05, 0) is 42.3 Å². The SMILES string of the molecule is Cl.O=S(=O)(NC1CCCNC1)c1ccc2ccccc2c1. The molecule has 2 aromatic rings. The molecule has 1 aliphatic rings. The highest BCUT2D eigenvalue weighted by atomic mass is 35.5. The molecular formula is C15H19ClN2O2S. The first-order valence-corrected chi connectivity index (χ1v) is 8.35. The van der Waals surface area contributed by atoms with Crippen molar-refractivity contribution in [2.24, 2.45) is 0 Å². The van der Waals surface area contributed by atoms with Gasteiger partial charge in [0.25, 0.3) is 0 Å². The number of fused-ring (bicyclic) bond motifs is 1. The van der Waals surface area contributed by atoms with Crippen LogP contribution in [0.4, 0.5) is 0 Å². The van der Waals surface area contributed by atoms with Gasteiger partial charge in [0.2, 0.25) is 10.0 Å². The van der Waals surface area contributed by atoms with Crippen LogP contribution >= 0.6 is 12.4 Å². The summed E-state index contributed by atoms with van der Waals surface area (Å²) < 4.78 is 27.6. The number of benzene rings is 2.